The van der Waals surface area contributed by atoms with Gasteiger partial charge in [0, 0.05) is 30.4 Å². The number of hydrogen-bond donors (Lipinski definition) is 3. The van der Waals surface area contributed by atoms with Crippen molar-refractivity contribution in [3.8, 4) is 0 Å². The molecule has 0 aliphatic carbocycles. The molecule has 1 fully saturated rings. The quantitative estimate of drug-likeness (QED) is 0.723. The molecule has 28 heavy (non-hydrogen) atoms. The molecule has 1 saturated heterocycles. The van der Waals surface area contributed by atoms with E-state index in [1.165, 1.54) is 0 Å². The second kappa shape index (κ2) is 9.57. The summed E-state index contributed by atoms with van der Waals surface area (Å²) in [6.45, 7) is 11.4. The Balaban J connectivity index is 2.00. The number of anilines is 1. The van der Waals surface area contributed by atoms with Crippen LogP contribution in [0.5, 0.6) is 0 Å². The van der Waals surface area contributed by atoms with E-state index >= 15 is 0 Å². The Bertz CT molecular complexity index is 722. The third-order valence-corrected chi connectivity index (χ3v) is 4.75. The molecule has 7 heteroatoms. The first-order valence-corrected chi connectivity index (χ1v) is 9.89. The first kappa shape index (κ1) is 21.7. The van der Waals surface area contributed by atoms with E-state index in [1.807, 2.05) is 37.8 Å². The number of hydrogen-bond acceptors (Lipinski definition) is 4. The van der Waals surface area contributed by atoms with E-state index in [0.717, 1.165) is 25.1 Å². The summed E-state index contributed by atoms with van der Waals surface area (Å²) in [7, 11) is 0. The maximum absolute atomic E-state index is 12.9. The molecule has 2 atom stereocenters. The number of carbonyl (C=O) groups is 3. The molecular formula is C21H32N4O3. The summed E-state index contributed by atoms with van der Waals surface area (Å²) in [5.41, 5.74) is 2.24. The number of piperidine rings is 1. The number of benzene rings is 1. The van der Waals surface area contributed by atoms with Crippen molar-refractivity contribution in [1.82, 2.24) is 15.5 Å². The maximum Gasteiger partial charge on any atom is 0.321 e. The molecule has 0 radical (unpaired) electrons. The number of carbonyl (C=O) groups excluding carboxylic acids is 3. The second-order valence-electron chi connectivity index (χ2n) is 8.22. The van der Waals surface area contributed by atoms with Crippen LogP contribution in [0.4, 0.5) is 10.5 Å². The monoisotopic (exact) mass is 388 g/mol. The van der Waals surface area contributed by atoms with Crippen LogP contribution in [0.15, 0.2) is 18.2 Å². The van der Waals surface area contributed by atoms with Gasteiger partial charge in [-0.15, -0.1) is 0 Å². The molecule has 4 amide bonds. The van der Waals surface area contributed by atoms with Crippen molar-refractivity contribution in [3.05, 3.63) is 29.3 Å². The van der Waals surface area contributed by atoms with Crippen molar-refractivity contribution in [3.63, 3.8) is 0 Å². The van der Waals surface area contributed by atoms with Gasteiger partial charge in [-0.05, 0) is 56.7 Å². The Morgan fingerprint density at radius 3 is 2.39 bits per heavy atom. The van der Waals surface area contributed by atoms with Gasteiger partial charge < -0.3 is 15.5 Å². The topological polar surface area (TPSA) is 90.5 Å². The average Bonchev–Trinajstić information content (AvgIpc) is 2.58. The Morgan fingerprint density at radius 1 is 1.14 bits per heavy atom. The zero-order chi connectivity index (χ0) is 20.8. The first-order chi connectivity index (χ1) is 13.2. The summed E-state index contributed by atoms with van der Waals surface area (Å²) in [5.74, 6) is 0.572. The minimum Gasteiger partial charge on any atom is -0.376 e. The van der Waals surface area contributed by atoms with E-state index < -0.39 is 11.9 Å². The predicted octanol–water partition coefficient (Wildman–Crippen LogP) is 2.76. The fourth-order valence-corrected chi connectivity index (χ4v) is 3.60. The zero-order valence-electron chi connectivity index (χ0n) is 17.5. The fourth-order valence-electron chi connectivity index (χ4n) is 3.60. The number of urea groups is 1. The average molecular weight is 389 g/mol. The minimum absolute atomic E-state index is 0.0159. The second-order valence-corrected chi connectivity index (χ2v) is 8.22. The van der Waals surface area contributed by atoms with E-state index in [9.17, 15) is 14.4 Å². The predicted molar refractivity (Wildman–Crippen MR) is 110 cm³/mol. The molecule has 3 N–H and O–H groups in total. The standard InChI is InChI=1S/C21H32N4O3/c1-13(2)23-21(28)24-19(26)10-22-18-9-17(7-6-16(18)5)20(27)25-11-14(3)8-15(4)12-25/h6-7,9,13-15,22H,8,10-12H2,1-5H3,(H2,23,24,26,28). The zero-order valence-corrected chi connectivity index (χ0v) is 17.5. The van der Waals surface area contributed by atoms with Gasteiger partial charge in [-0.3, -0.25) is 14.9 Å². The van der Waals surface area contributed by atoms with Crippen LogP contribution >= 0.6 is 0 Å². The highest BCUT2D eigenvalue weighted by Crippen LogP contribution is 2.24. The molecule has 1 aromatic carbocycles. The van der Waals surface area contributed by atoms with Crippen molar-refractivity contribution in [2.45, 2.75) is 47.1 Å². The third kappa shape index (κ3) is 6.25. The van der Waals surface area contributed by atoms with Crippen molar-refractivity contribution >= 4 is 23.5 Å². The van der Waals surface area contributed by atoms with Gasteiger partial charge in [0.05, 0.1) is 6.54 Å². The molecule has 0 saturated carbocycles. The molecule has 2 rings (SSSR count). The highest BCUT2D eigenvalue weighted by Gasteiger charge is 2.26. The van der Waals surface area contributed by atoms with Crippen molar-refractivity contribution < 1.29 is 14.4 Å². The number of rotatable bonds is 5. The van der Waals surface area contributed by atoms with Gasteiger partial charge in [0.1, 0.15) is 0 Å². The number of likely N-dealkylation sites (tertiary alicyclic amines) is 1. The molecule has 1 aliphatic rings. The number of aryl methyl sites for hydroxylation is 1. The van der Waals surface area contributed by atoms with E-state index in [-0.39, 0.29) is 18.5 Å². The lowest BCUT2D eigenvalue weighted by Crippen LogP contribution is -2.44. The van der Waals surface area contributed by atoms with Gasteiger partial charge in [-0.25, -0.2) is 4.79 Å². The SMILES string of the molecule is Cc1ccc(C(=O)N2CC(C)CC(C)C2)cc1NCC(=O)NC(=O)NC(C)C. The highest BCUT2D eigenvalue weighted by atomic mass is 16.2. The van der Waals surface area contributed by atoms with Crippen molar-refractivity contribution in [2.75, 3.05) is 25.0 Å². The summed E-state index contributed by atoms with van der Waals surface area (Å²) in [6, 6.07) is 4.91. The summed E-state index contributed by atoms with van der Waals surface area (Å²) >= 11 is 0. The van der Waals surface area contributed by atoms with E-state index in [2.05, 4.69) is 29.8 Å². The van der Waals surface area contributed by atoms with Crippen LogP contribution in [0, 0.1) is 18.8 Å². The molecule has 154 valence electrons. The summed E-state index contributed by atoms with van der Waals surface area (Å²) < 4.78 is 0. The molecule has 0 aromatic heterocycles. The highest BCUT2D eigenvalue weighted by molar-refractivity contribution is 5.97. The van der Waals surface area contributed by atoms with Gasteiger partial charge in [0.2, 0.25) is 5.91 Å². The largest absolute Gasteiger partial charge is 0.376 e. The lowest BCUT2D eigenvalue weighted by molar-refractivity contribution is -0.118. The Morgan fingerprint density at radius 2 is 1.79 bits per heavy atom. The third-order valence-electron chi connectivity index (χ3n) is 4.75. The van der Waals surface area contributed by atoms with Crippen LogP contribution in [0.2, 0.25) is 0 Å². The number of nitrogens with zero attached hydrogens (tertiary/aromatic N) is 1. The number of amides is 4. The van der Waals surface area contributed by atoms with Crippen LogP contribution < -0.4 is 16.0 Å². The molecule has 1 aliphatic heterocycles. The molecule has 7 nitrogen and oxygen atoms in total. The summed E-state index contributed by atoms with van der Waals surface area (Å²) in [4.78, 5) is 38.4. The normalized spacial score (nSPS) is 19.3. The van der Waals surface area contributed by atoms with E-state index in [0.29, 0.717) is 23.1 Å². The van der Waals surface area contributed by atoms with Gasteiger partial charge in [-0.1, -0.05) is 19.9 Å². The molecule has 0 bridgehead atoms. The Labute approximate surface area is 167 Å². The smallest absolute Gasteiger partial charge is 0.321 e. The van der Waals surface area contributed by atoms with Gasteiger partial charge in [0.15, 0.2) is 0 Å². The van der Waals surface area contributed by atoms with Crippen LogP contribution in [-0.4, -0.2) is 48.4 Å². The van der Waals surface area contributed by atoms with Crippen LogP contribution in [0.3, 0.4) is 0 Å². The molecule has 1 aromatic rings. The van der Waals surface area contributed by atoms with Crippen molar-refractivity contribution in [2.24, 2.45) is 11.8 Å². The van der Waals surface area contributed by atoms with E-state index in [4.69, 9.17) is 0 Å². The summed E-state index contributed by atoms with van der Waals surface area (Å²) in [5, 5.41) is 7.90. The van der Waals surface area contributed by atoms with Gasteiger partial charge in [0.25, 0.3) is 5.91 Å². The van der Waals surface area contributed by atoms with Crippen LogP contribution in [0.1, 0.15) is 50.0 Å². The molecule has 1 heterocycles. The van der Waals surface area contributed by atoms with Crippen molar-refractivity contribution in [1.29, 1.82) is 0 Å². The van der Waals surface area contributed by atoms with Gasteiger partial charge >= 0.3 is 6.03 Å². The molecule has 0 spiro atoms. The van der Waals surface area contributed by atoms with E-state index in [1.54, 1.807) is 6.07 Å². The number of nitrogens with one attached hydrogen (secondary N) is 3. The maximum atomic E-state index is 12.9. The summed E-state index contributed by atoms with van der Waals surface area (Å²) in [6.07, 6.45) is 1.14. The number of imide groups is 1. The van der Waals surface area contributed by atoms with Crippen LogP contribution in [0.25, 0.3) is 0 Å². The molecular weight excluding hydrogens is 356 g/mol. The lowest BCUT2D eigenvalue weighted by atomic mass is 9.91. The minimum atomic E-state index is -0.518. The fraction of sp³-hybridized carbons (Fsp3) is 0.571. The lowest BCUT2D eigenvalue weighted by Gasteiger charge is -2.35. The Kier molecular flexibility index (Phi) is 7.43. The molecule has 2 unspecified atom stereocenters. The van der Waals surface area contributed by atoms with Gasteiger partial charge in [-0.2, -0.15) is 0 Å². The van der Waals surface area contributed by atoms with Crippen LogP contribution in [-0.2, 0) is 4.79 Å². The first-order valence-electron chi connectivity index (χ1n) is 9.89. The Hall–Kier alpha value is -2.57.